The van der Waals surface area contributed by atoms with E-state index in [9.17, 15) is 0 Å². The van der Waals surface area contributed by atoms with Crippen LogP contribution in [0.15, 0.2) is 4.99 Å². The van der Waals surface area contributed by atoms with E-state index in [1.165, 1.54) is 25.7 Å². The minimum absolute atomic E-state index is 0.519. The summed E-state index contributed by atoms with van der Waals surface area (Å²) in [5, 5.41) is 6.96. The van der Waals surface area contributed by atoms with E-state index in [0.29, 0.717) is 6.04 Å². The van der Waals surface area contributed by atoms with E-state index in [1.807, 2.05) is 0 Å². The first kappa shape index (κ1) is 17.0. The number of hydrogen-bond donors (Lipinski definition) is 2. The summed E-state index contributed by atoms with van der Waals surface area (Å²) in [5.41, 5.74) is 0. The van der Waals surface area contributed by atoms with E-state index >= 15 is 0 Å². The predicted octanol–water partition coefficient (Wildman–Crippen LogP) is 1.70. The fourth-order valence-electron chi connectivity index (χ4n) is 3.66. The summed E-state index contributed by atoms with van der Waals surface area (Å²) >= 11 is 0. The summed E-state index contributed by atoms with van der Waals surface area (Å²) in [6, 6.07) is 0.519. The third-order valence-electron chi connectivity index (χ3n) is 5.49. The van der Waals surface area contributed by atoms with Crippen LogP contribution in [-0.2, 0) is 4.74 Å². The molecule has 1 aliphatic heterocycles. The molecule has 0 amide bonds. The second-order valence-electron chi connectivity index (χ2n) is 7.44. The number of guanidine groups is 1. The lowest BCUT2D eigenvalue weighted by atomic mass is 9.98. The summed E-state index contributed by atoms with van der Waals surface area (Å²) in [5.74, 6) is 3.80. The number of aliphatic imine (C=N–C) groups is 1. The summed E-state index contributed by atoms with van der Waals surface area (Å²) < 4.78 is 5.44. The second-order valence-corrected chi connectivity index (χ2v) is 7.44. The van der Waals surface area contributed by atoms with Gasteiger partial charge in [0.15, 0.2) is 5.96 Å². The molecular formula is C18H34N4O. The number of ether oxygens (including phenoxy) is 1. The molecule has 5 nitrogen and oxygen atoms in total. The molecule has 3 fully saturated rings. The highest BCUT2D eigenvalue weighted by Crippen LogP contribution is 2.49. The van der Waals surface area contributed by atoms with Gasteiger partial charge in [0.25, 0.3) is 0 Å². The molecule has 2 saturated carbocycles. The molecule has 1 atom stereocenters. The van der Waals surface area contributed by atoms with Crippen LogP contribution < -0.4 is 10.6 Å². The fraction of sp³-hybridized carbons (Fsp3) is 0.944. The first-order chi connectivity index (χ1) is 11.3. The third kappa shape index (κ3) is 5.35. The zero-order valence-corrected chi connectivity index (χ0v) is 14.9. The van der Waals surface area contributed by atoms with Crippen molar-refractivity contribution in [3.8, 4) is 0 Å². The van der Waals surface area contributed by atoms with E-state index in [4.69, 9.17) is 9.73 Å². The molecule has 5 heteroatoms. The highest BCUT2D eigenvalue weighted by atomic mass is 16.5. The highest BCUT2D eigenvalue weighted by Gasteiger charge is 2.41. The van der Waals surface area contributed by atoms with E-state index in [-0.39, 0.29) is 0 Å². The van der Waals surface area contributed by atoms with Gasteiger partial charge in [-0.05, 0) is 57.3 Å². The Kier molecular flexibility index (Phi) is 6.17. The van der Waals surface area contributed by atoms with Crippen molar-refractivity contribution in [1.29, 1.82) is 0 Å². The van der Waals surface area contributed by atoms with Gasteiger partial charge >= 0.3 is 0 Å². The van der Waals surface area contributed by atoms with Crippen molar-refractivity contribution < 1.29 is 4.74 Å². The minimum Gasteiger partial charge on any atom is -0.379 e. The van der Waals surface area contributed by atoms with Crippen LogP contribution in [-0.4, -0.2) is 62.8 Å². The molecule has 132 valence electrons. The van der Waals surface area contributed by atoms with E-state index in [2.05, 4.69) is 29.4 Å². The van der Waals surface area contributed by atoms with Crippen LogP contribution in [0.5, 0.6) is 0 Å². The fourth-order valence-corrected chi connectivity index (χ4v) is 3.66. The molecule has 0 bridgehead atoms. The Labute approximate surface area is 141 Å². The van der Waals surface area contributed by atoms with Crippen LogP contribution in [0.1, 0.15) is 39.5 Å². The molecule has 0 aromatic rings. The van der Waals surface area contributed by atoms with Crippen molar-refractivity contribution >= 4 is 5.96 Å². The zero-order valence-electron chi connectivity index (χ0n) is 14.9. The zero-order chi connectivity index (χ0) is 16.1. The lowest BCUT2D eigenvalue weighted by molar-refractivity contribution is 0.0211. The van der Waals surface area contributed by atoms with Gasteiger partial charge in [0.1, 0.15) is 0 Å². The molecule has 23 heavy (non-hydrogen) atoms. The Morgan fingerprint density at radius 2 is 1.78 bits per heavy atom. The lowest BCUT2D eigenvalue weighted by Crippen LogP contribution is -2.49. The van der Waals surface area contributed by atoms with Gasteiger partial charge in [-0.3, -0.25) is 9.89 Å². The van der Waals surface area contributed by atoms with Gasteiger partial charge in [-0.1, -0.05) is 0 Å². The average molecular weight is 322 g/mol. The Morgan fingerprint density at radius 1 is 1.13 bits per heavy atom. The average Bonchev–Trinajstić information content (AvgIpc) is 3.47. The summed E-state index contributed by atoms with van der Waals surface area (Å²) in [6.45, 7) is 11.1. The Bertz CT molecular complexity index is 374. The maximum absolute atomic E-state index is 5.44. The number of nitrogens with zero attached hydrogens (tertiary/aromatic N) is 2. The van der Waals surface area contributed by atoms with Gasteiger partial charge in [0, 0.05) is 38.8 Å². The van der Waals surface area contributed by atoms with Gasteiger partial charge in [0.05, 0.1) is 13.2 Å². The van der Waals surface area contributed by atoms with E-state index < -0.39 is 0 Å². The van der Waals surface area contributed by atoms with Gasteiger partial charge in [-0.2, -0.15) is 0 Å². The number of nitrogens with one attached hydrogen (secondary N) is 2. The maximum Gasteiger partial charge on any atom is 0.191 e. The molecule has 3 aliphatic rings. The van der Waals surface area contributed by atoms with E-state index in [1.54, 1.807) is 0 Å². The van der Waals surface area contributed by atoms with Crippen molar-refractivity contribution in [1.82, 2.24) is 15.5 Å². The smallest absolute Gasteiger partial charge is 0.191 e. The largest absolute Gasteiger partial charge is 0.379 e. The summed E-state index contributed by atoms with van der Waals surface area (Å²) in [4.78, 5) is 7.40. The second kappa shape index (κ2) is 8.34. The van der Waals surface area contributed by atoms with Crippen LogP contribution in [0.4, 0.5) is 0 Å². The molecule has 3 rings (SSSR count). The molecule has 0 spiro atoms. The first-order valence-corrected chi connectivity index (χ1v) is 9.62. The molecule has 0 aromatic carbocycles. The van der Waals surface area contributed by atoms with Crippen LogP contribution >= 0.6 is 0 Å². The first-order valence-electron chi connectivity index (χ1n) is 9.62. The molecule has 1 unspecified atom stereocenters. The van der Waals surface area contributed by atoms with Gasteiger partial charge in [0.2, 0.25) is 0 Å². The topological polar surface area (TPSA) is 48.9 Å². The standard InChI is InChI=1S/C18H34N4O/c1-3-19-18(20-12-14(2)22-8-10-23-11-9-22)21-13-17(15-4-5-15)16-6-7-16/h14-17H,3-13H2,1-2H3,(H2,19,20,21). The van der Waals surface area contributed by atoms with Crippen LogP contribution in [0.3, 0.4) is 0 Å². The van der Waals surface area contributed by atoms with Crippen LogP contribution in [0, 0.1) is 17.8 Å². The van der Waals surface area contributed by atoms with E-state index in [0.717, 1.165) is 69.7 Å². The molecule has 0 aromatic heterocycles. The number of rotatable bonds is 8. The normalized spacial score (nSPS) is 24.7. The maximum atomic E-state index is 5.44. The Hall–Kier alpha value is -0.810. The lowest BCUT2D eigenvalue weighted by Gasteiger charge is -2.32. The Morgan fingerprint density at radius 3 is 2.35 bits per heavy atom. The number of morpholine rings is 1. The van der Waals surface area contributed by atoms with Crippen molar-refractivity contribution in [3.05, 3.63) is 0 Å². The molecule has 2 N–H and O–H groups in total. The monoisotopic (exact) mass is 322 g/mol. The minimum atomic E-state index is 0.519. The quantitative estimate of drug-likeness (QED) is 0.527. The van der Waals surface area contributed by atoms with Crippen molar-refractivity contribution in [2.75, 3.05) is 45.9 Å². The molecule has 2 aliphatic carbocycles. The highest BCUT2D eigenvalue weighted by molar-refractivity contribution is 5.79. The van der Waals surface area contributed by atoms with Gasteiger partial charge in [-0.15, -0.1) is 0 Å². The summed E-state index contributed by atoms with van der Waals surface area (Å²) in [6.07, 6.45) is 5.76. The molecule has 1 heterocycles. The van der Waals surface area contributed by atoms with Gasteiger partial charge in [-0.25, -0.2) is 0 Å². The Balaban J connectivity index is 1.45. The SMILES string of the molecule is CCNC(=NCC(C1CC1)C1CC1)NCC(C)N1CCOCC1. The van der Waals surface area contributed by atoms with Crippen molar-refractivity contribution in [2.45, 2.75) is 45.6 Å². The summed E-state index contributed by atoms with van der Waals surface area (Å²) in [7, 11) is 0. The van der Waals surface area contributed by atoms with Crippen molar-refractivity contribution in [2.24, 2.45) is 22.7 Å². The number of hydrogen-bond acceptors (Lipinski definition) is 3. The van der Waals surface area contributed by atoms with Crippen LogP contribution in [0.2, 0.25) is 0 Å². The third-order valence-corrected chi connectivity index (χ3v) is 5.49. The van der Waals surface area contributed by atoms with Crippen LogP contribution in [0.25, 0.3) is 0 Å². The van der Waals surface area contributed by atoms with Crippen molar-refractivity contribution in [3.63, 3.8) is 0 Å². The molecule has 1 saturated heterocycles. The molecular weight excluding hydrogens is 288 g/mol. The predicted molar refractivity (Wildman–Crippen MR) is 94.8 cm³/mol. The molecule has 0 radical (unpaired) electrons. The van der Waals surface area contributed by atoms with Gasteiger partial charge < -0.3 is 15.4 Å².